The van der Waals surface area contributed by atoms with Gasteiger partial charge >= 0.3 is 0 Å². The van der Waals surface area contributed by atoms with Gasteiger partial charge in [0.2, 0.25) is 0 Å². The van der Waals surface area contributed by atoms with E-state index in [0.717, 1.165) is 19.3 Å². The van der Waals surface area contributed by atoms with Gasteiger partial charge in [0.25, 0.3) is 5.56 Å². The number of hydrogen-bond acceptors (Lipinski definition) is 6. The lowest BCUT2D eigenvalue weighted by atomic mass is 9.97. The molecule has 8 heteroatoms. The lowest BCUT2D eigenvalue weighted by Crippen LogP contribution is -2.27. The molecule has 2 aromatic rings. The SMILES string of the molecule is O=c1c2ccccc2nc(S[C@@H]2CS(=O)(=O)C[C@@H]2O)n1CCC1=CCCCC1. The Morgan fingerprint density at radius 3 is 2.75 bits per heavy atom. The van der Waals surface area contributed by atoms with Crippen molar-refractivity contribution < 1.29 is 13.5 Å². The first-order chi connectivity index (χ1) is 13.4. The molecule has 0 bridgehead atoms. The molecule has 1 saturated heterocycles. The van der Waals surface area contributed by atoms with Gasteiger partial charge in [0.05, 0.1) is 33.8 Å². The summed E-state index contributed by atoms with van der Waals surface area (Å²) in [7, 11) is -3.25. The Hall–Kier alpha value is -1.64. The largest absolute Gasteiger partial charge is 0.391 e. The van der Waals surface area contributed by atoms with Gasteiger partial charge in [-0.25, -0.2) is 13.4 Å². The summed E-state index contributed by atoms with van der Waals surface area (Å²) in [5.74, 6) is -0.317. The number of fused-ring (bicyclic) bond motifs is 1. The third-order valence-electron chi connectivity index (χ3n) is 5.40. The Morgan fingerprint density at radius 2 is 2.04 bits per heavy atom. The molecular formula is C20H24N2O4S2. The molecule has 4 rings (SSSR count). The van der Waals surface area contributed by atoms with Gasteiger partial charge in [-0.15, -0.1) is 0 Å². The van der Waals surface area contributed by atoms with Crippen LogP contribution in [0.4, 0.5) is 0 Å². The average molecular weight is 421 g/mol. The van der Waals surface area contributed by atoms with Crippen LogP contribution in [0, 0.1) is 0 Å². The van der Waals surface area contributed by atoms with E-state index in [4.69, 9.17) is 0 Å². The van der Waals surface area contributed by atoms with Gasteiger partial charge in [-0.2, -0.15) is 0 Å². The molecule has 1 aromatic heterocycles. The monoisotopic (exact) mass is 420 g/mol. The van der Waals surface area contributed by atoms with Crippen LogP contribution in [0.3, 0.4) is 0 Å². The zero-order valence-corrected chi connectivity index (χ0v) is 17.2. The maximum Gasteiger partial charge on any atom is 0.262 e. The van der Waals surface area contributed by atoms with Crippen LogP contribution in [0.25, 0.3) is 10.9 Å². The third kappa shape index (κ3) is 4.18. The highest BCUT2D eigenvalue weighted by molar-refractivity contribution is 8.01. The van der Waals surface area contributed by atoms with E-state index in [1.54, 1.807) is 16.7 Å². The summed E-state index contributed by atoms with van der Waals surface area (Å²) in [6.07, 6.45) is 6.68. The van der Waals surface area contributed by atoms with Gasteiger partial charge < -0.3 is 5.11 Å². The van der Waals surface area contributed by atoms with Gasteiger partial charge in [0.1, 0.15) is 0 Å². The molecule has 0 radical (unpaired) electrons. The van der Waals surface area contributed by atoms with Crippen LogP contribution in [0.15, 0.2) is 45.9 Å². The van der Waals surface area contributed by atoms with Crippen molar-refractivity contribution in [1.29, 1.82) is 0 Å². The Balaban J connectivity index is 1.68. The quantitative estimate of drug-likeness (QED) is 0.591. The molecule has 28 heavy (non-hydrogen) atoms. The van der Waals surface area contributed by atoms with Crippen LogP contribution in [0.1, 0.15) is 32.1 Å². The Kier molecular flexibility index (Phi) is 5.62. The molecule has 2 aliphatic rings. The van der Waals surface area contributed by atoms with Crippen molar-refractivity contribution in [3.8, 4) is 0 Å². The highest BCUT2D eigenvalue weighted by atomic mass is 32.2. The van der Waals surface area contributed by atoms with Crippen molar-refractivity contribution in [2.24, 2.45) is 0 Å². The van der Waals surface area contributed by atoms with Crippen molar-refractivity contribution in [2.75, 3.05) is 11.5 Å². The van der Waals surface area contributed by atoms with Crippen molar-refractivity contribution in [3.05, 3.63) is 46.3 Å². The second kappa shape index (κ2) is 8.00. The first-order valence-corrected chi connectivity index (χ1v) is 12.4. The zero-order chi connectivity index (χ0) is 19.7. The normalized spacial score (nSPS) is 24.4. The smallest absolute Gasteiger partial charge is 0.262 e. The number of allylic oxidation sites excluding steroid dienone is 2. The lowest BCUT2D eigenvalue weighted by Gasteiger charge is -2.18. The first-order valence-electron chi connectivity index (χ1n) is 9.65. The minimum absolute atomic E-state index is 0.0906. The number of para-hydroxylation sites is 1. The Labute approximate surface area is 168 Å². The predicted octanol–water partition coefficient (Wildman–Crippen LogP) is 2.54. The summed E-state index contributed by atoms with van der Waals surface area (Å²) >= 11 is 1.21. The van der Waals surface area contributed by atoms with Crippen LogP contribution in [0.2, 0.25) is 0 Å². The molecule has 2 heterocycles. The molecule has 150 valence electrons. The Morgan fingerprint density at radius 1 is 1.21 bits per heavy atom. The van der Waals surface area contributed by atoms with E-state index < -0.39 is 21.2 Å². The number of aliphatic hydroxyl groups excluding tert-OH is 1. The number of benzene rings is 1. The summed E-state index contributed by atoms with van der Waals surface area (Å²) in [4.78, 5) is 17.8. The molecule has 1 aliphatic carbocycles. The van der Waals surface area contributed by atoms with E-state index in [1.165, 1.54) is 30.2 Å². The van der Waals surface area contributed by atoms with Gasteiger partial charge in [-0.05, 0) is 44.2 Å². The summed E-state index contributed by atoms with van der Waals surface area (Å²) in [5.41, 5.74) is 1.85. The predicted molar refractivity (Wildman–Crippen MR) is 111 cm³/mol. The van der Waals surface area contributed by atoms with E-state index in [-0.39, 0.29) is 17.1 Å². The van der Waals surface area contributed by atoms with Crippen molar-refractivity contribution >= 4 is 32.5 Å². The summed E-state index contributed by atoms with van der Waals surface area (Å²) in [6, 6.07) is 7.20. The van der Waals surface area contributed by atoms with Crippen molar-refractivity contribution in [1.82, 2.24) is 9.55 Å². The van der Waals surface area contributed by atoms with Gasteiger partial charge in [-0.1, -0.05) is 35.5 Å². The summed E-state index contributed by atoms with van der Waals surface area (Å²) in [5, 5.41) is 10.7. The molecule has 6 nitrogen and oxygen atoms in total. The summed E-state index contributed by atoms with van der Waals surface area (Å²) in [6.45, 7) is 0.514. The van der Waals surface area contributed by atoms with E-state index in [1.807, 2.05) is 12.1 Å². The summed E-state index contributed by atoms with van der Waals surface area (Å²) < 4.78 is 25.4. The number of hydrogen-bond donors (Lipinski definition) is 1. The fraction of sp³-hybridized carbons (Fsp3) is 0.500. The minimum Gasteiger partial charge on any atom is -0.391 e. The van der Waals surface area contributed by atoms with E-state index in [9.17, 15) is 18.3 Å². The molecule has 1 fully saturated rings. The molecule has 0 unspecified atom stereocenters. The fourth-order valence-electron chi connectivity index (χ4n) is 3.87. The van der Waals surface area contributed by atoms with E-state index in [0.29, 0.717) is 22.6 Å². The second-order valence-electron chi connectivity index (χ2n) is 7.53. The van der Waals surface area contributed by atoms with Crippen LogP contribution >= 0.6 is 11.8 Å². The molecular weight excluding hydrogens is 396 g/mol. The van der Waals surface area contributed by atoms with E-state index >= 15 is 0 Å². The second-order valence-corrected chi connectivity index (χ2v) is 10.9. The van der Waals surface area contributed by atoms with Gasteiger partial charge in [0, 0.05) is 6.54 Å². The maximum atomic E-state index is 13.1. The molecule has 0 saturated carbocycles. The van der Waals surface area contributed by atoms with Crippen LogP contribution in [-0.4, -0.2) is 45.9 Å². The first kappa shape index (κ1) is 19.7. The number of thioether (sulfide) groups is 1. The topological polar surface area (TPSA) is 89.3 Å². The number of sulfone groups is 1. The lowest BCUT2D eigenvalue weighted by molar-refractivity contribution is 0.207. The zero-order valence-electron chi connectivity index (χ0n) is 15.6. The van der Waals surface area contributed by atoms with Crippen LogP contribution in [-0.2, 0) is 16.4 Å². The molecule has 1 aromatic carbocycles. The van der Waals surface area contributed by atoms with E-state index in [2.05, 4.69) is 11.1 Å². The number of aliphatic hydroxyl groups is 1. The highest BCUT2D eigenvalue weighted by Gasteiger charge is 2.38. The van der Waals surface area contributed by atoms with Gasteiger partial charge in [0.15, 0.2) is 15.0 Å². The molecule has 1 aliphatic heterocycles. The minimum atomic E-state index is -3.25. The third-order valence-corrected chi connectivity index (χ3v) is 8.63. The molecule has 1 N–H and O–H groups in total. The fourth-order valence-corrected chi connectivity index (χ4v) is 7.47. The maximum absolute atomic E-state index is 13.1. The Bertz CT molecular complexity index is 1080. The van der Waals surface area contributed by atoms with Crippen molar-refractivity contribution in [2.45, 2.75) is 55.2 Å². The van der Waals surface area contributed by atoms with Crippen LogP contribution in [0.5, 0.6) is 0 Å². The molecule has 0 spiro atoms. The molecule has 2 atom stereocenters. The number of aromatic nitrogens is 2. The molecule has 0 amide bonds. The van der Waals surface area contributed by atoms with Crippen LogP contribution < -0.4 is 5.56 Å². The highest BCUT2D eigenvalue weighted by Crippen LogP contribution is 2.31. The number of rotatable bonds is 5. The average Bonchev–Trinajstić information content (AvgIpc) is 2.93. The standard InChI is InChI=1S/C20H24N2O4S2/c23-17-12-28(25,26)13-18(17)27-20-21-16-9-5-4-8-15(16)19(24)22(20)11-10-14-6-2-1-3-7-14/h4-6,8-9,17-18,23H,1-3,7,10-13H2/t17-,18+/m0/s1. The van der Waals surface area contributed by atoms with Gasteiger partial charge in [-0.3, -0.25) is 9.36 Å². The number of nitrogens with zero attached hydrogens (tertiary/aromatic N) is 2. The van der Waals surface area contributed by atoms with Crippen molar-refractivity contribution in [3.63, 3.8) is 0 Å².